The molecule has 0 saturated heterocycles. The monoisotopic (exact) mass is 403 g/mol. The van der Waals surface area contributed by atoms with Gasteiger partial charge in [0.2, 0.25) is 0 Å². The van der Waals surface area contributed by atoms with Crippen LogP contribution in [0.15, 0.2) is 12.1 Å². The van der Waals surface area contributed by atoms with Gasteiger partial charge in [-0.3, -0.25) is 4.79 Å². The third-order valence-electron chi connectivity index (χ3n) is 6.22. The molecule has 0 spiro atoms. The van der Waals surface area contributed by atoms with Gasteiger partial charge in [-0.25, -0.2) is 4.98 Å². The van der Waals surface area contributed by atoms with Crippen LogP contribution in [-0.4, -0.2) is 59.8 Å². The second-order valence-electron chi connectivity index (χ2n) is 8.59. The number of nitrogens with zero attached hydrogens (tertiary/aromatic N) is 2. The van der Waals surface area contributed by atoms with Crippen molar-refractivity contribution in [3.05, 3.63) is 23.4 Å². The quantitative estimate of drug-likeness (QED) is 0.489. The molecule has 1 aliphatic heterocycles. The van der Waals surface area contributed by atoms with Gasteiger partial charge in [0.15, 0.2) is 0 Å². The Labute approximate surface area is 175 Å². The Hall–Kier alpha value is -1.66. The number of aromatic nitrogens is 1. The number of hydrogen-bond acceptors (Lipinski definition) is 5. The lowest BCUT2D eigenvalue weighted by Crippen LogP contribution is -2.33. The molecule has 0 radical (unpaired) electrons. The predicted molar refractivity (Wildman–Crippen MR) is 115 cm³/mol. The summed E-state index contributed by atoms with van der Waals surface area (Å²) in [6.45, 7) is 6.28. The number of carboxylic acid groups (broad SMARTS) is 1. The Morgan fingerprint density at radius 2 is 2.14 bits per heavy atom. The zero-order valence-electron chi connectivity index (χ0n) is 17.9. The van der Waals surface area contributed by atoms with Crippen LogP contribution in [-0.2, 0) is 22.4 Å². The summed E-state index contributed by atoms with van der Waals surface area (Å²) in [4.78, 5) is 18.3. The number of aryl methyl sites for hydroxylation is 2. The SMILES string of the molecule is C[C@@H](CCN(CCCCc1ccc2c(n1)NCCC2)CCOC1CCC1)C(=O)O. The number of aliphatic carboxylic acids is 1. The van der Waals surface area contributed by atoms with Gasteiger partial charge in [0, 0.05) is 18.8 Å². The third-order valence-corrected chi connectivity index (χ3v) is 6.22. The molecule has 0 aromatic carbocycles. The minimum absolute atomic E-state index is 0.294. The molecule has 1 saturated carbocycles. The first kappa shape index (κ1) is 22.0. The molecule has 0 unspecified atom stereocenters. The van der Waals surface area contributed by atoms with Crippen LogP contribution in [0.2, 0.25) is 0 Å². The van der Waals surface area contributed by atoms with Crippen LogP contribution in [0.4, 0.5) is 5.82 Å². The molecule has 0 bridgehead atoms. The lowest BCUT2D eigenvalue weighted by atomic mass is 9.96. The van der Waals surface area contributed by atoms with Crippen LogP contribution in [0.1, 0.15) is 63.1 Å². The number of unbranched alkanes of at least 4 members (excludes halogenated alkanes) is 1. The number of anilines is 1. The summed E-state index contributed by atoms with van der Waals surface area (Å²) in [5.41, 5.74) is 2.50. The summed E-state index contributed by atoms with van der Waals surface area (Å²) >= 11 is 0. The van der Waals surface area contributed by atoms with E-state index in [1.54, 1.807) is 6.92 Å². The summed E-state index contributed by atoms with van der Waals surface area (Å²) in [7, 11) is 0. The van der Waals surface area contributed by atoms with Gasteiger partial charge in [-0.05, 0) is 82.5 Å². The summed E-state index contributed by atoms with van der Waals surface area (Å²) < 4.78 is 5.92. The number of carboxylic acids is 1. The van der Waals surface area contributed by atoms with Crippen molar-refractivity contribution >= 4 is 11.8 Å². The highest BCUT2D eigenvalue weighted by Gasteiger charge is 2.18. The molecule has 1 aliphatic carbocycles. The second kappa shape index (κ2) is 11.5. The summed E-state index contributed by atoms with van der Waals surface area (Å²) in [6, 6.07) is 4.39. The topological polar surface area (TPSA) is 74.7 Å². The number of ether oxygens (including phenoxy) is 1. The van der Waals surface area contributed by atoms with Crippen LogP contribution in [0.25, 0.3) is 0 Å². The van der Waals surface area contributed by atoms with Gasteiger partial charge in [-0.2, -0.15) is 0 Å². The lowest BCUT2D eigenvalue weighted by Gasteiger charge is -2.28. The molecular formula is C23H37N3O3. The molecule has 1 fully saturated rings. The molecule has 0 amide bonds. The zero-order chi connectivity index (χ0) is 20.5. The number of pyridine rings is 1. The van der Waals surface area contributed by atoms with Crippen LogP contribution >= 0.6 is 0 Å². The van der Waals surface area contributed by atoms with Gasteiger partial charge < -0.3 is 20.1 Å². The van der Waals surface area contributed by atoms with Gasteiger partial charge in [0.25, 0.3) is 0 Å². The van der Waals surface area contributed by atoms with E-state index in [1.807, 2.05) is 0 Å². The fourth-order valence-electron chi connectivity index (χ4n) is 3.87. The first-order valence-electron chi connectivity index (χ1n) is 11.4. The van der Waals surface area contributed by atoms with E-state index in [1.165, 1.54) is 31.2 Å². The van der Waals surface area contributed by atoms with Crippen molar-refractivity contribution in [2.24, 2.45) is 5.92 Å². The van der Waals surface area contributed by atoms with E-state index in [9.17, 15) is 4.79 Å². The first-order chi connectivity index (χ1) is 14.1. The Morgan fingerprint density at radius 1 is 1.28 bits per heavy atom. The van der Waals surface area contributed by atoms with E-state index in [-0.39, 0.29) is 5.92 Å². The number of carbonyl (C=O) groups is 1. The van der Waals surface area contributed by atoms with Crippen LogP contribution in [0.3, 0.4) is 0 Å². The highest BCUT2D eigenvalue weighted by molar-refractivity contribution is 5.69. The van der Waals surface area contributed by atoms with E-state index < -0.39 is 5.97 Å². The fourth-order valence-corrected chi connectivity index (χ4v) is 3.87. The van der Waals surface area contributed by atoms with Crippen molar-refractivity contribution in [2.45, 2.75) is 70.8 Å². The lowest BCUT2D eigenvalue weighted by molar-refractivity contribution is -0.141. The Kier molecular flexibility index (Phi) is 8.74. The average molecular weight is 404 g/mol. The van der Waals surface area contributed by atoms with Gasteiger partial charge in [-0.1, -0.05) is 13.0 Å². The van der Waals surface area contributed by atoms with Crippen molar-refractivity contribution in [1.29, 1.82) is 0 Å². The largest absolute Gasteiger partial charge is 0.481 e. The van der Waals surface area contributed by atoms with Crippen LogP contribution in [0, 0.1) is 5.92 Å². The van der Waals surface area contributed by atoms with Gasteiger partial charge >= 0.3 is 5.97 Å². The van der Waals surface area contributed by atoms with Crippen molar-refractivity contribution in [3.63, 3.8) is 0 Å². The number of nitrogens with one attached hydrogen (secondary N) is 1. The molecule has 2 heterocycles. The summed E-state index contributed by atoms with van der Waals surface area (Å²) in [6.07, 6.45) is 10.3. The minimum atomic E-state index is -0.706. The van der Waals surface area contributed by atoms with Crippen molar-refractivity contribution < 1.29 is 14.6 Å². The Morgan fingerprint density at radius 3 is 2.90 bits per heavy atom. The molecule has 1 atom stereocenters. The van der Waals surface area contributed by atoms with E-state index in [0.29, 0.717) is 12.5 Å². The standard InChI is InChI=1S/C23H37N3O3/c1-18(23(27)28)12-15-26(16-17-29-21-8-4-9-21)14-3-2-7-20-11-10-19-6-5-13-24-22(19)25-20/h10-11,18,21H,2-9,12-17H2,1H3,(H,24,25)(H,27,28)/t18-/m0/s1. The van der Waals surface area contributed by atoms with Gasteiger partial charge in [0.05, 0.1) is 18.6 Å². The molecule has 1 aromatic heterocycles. The second-order valence-corrected chi connectivity index (χ2v) is 8.59. The number of rotatable bonds is 13. The van der Waals surface area contributed by atoms with Crippen molar-refractivity contribution in [3.8, 4) is 0 Å². The first-order valence-corrected chi connectivity index (χ1v) is 11.4. The smallest absolute Gasteiger partial charge is 0.306 e. The molecule has 6 nitrogen and oxygen atoms in total. The number of fused-ring (bicyclic) bond motifs is 1. The minimum Gasteiger partial charge on any atom is -0.481 e. The van der Waals surface area contributed by atoms with Gasteiger partial charge in [0.1, 0.15) is 5.82 Å². The Balaban J connectivity index is 1.39. The van der Waals surface area contributed by atoms with E-state index in [0.717, 1.165) is 70.0 Å². The molecule has 162 valence electrons. The molecule has 3 rings (SSSR count). The maximum absolute atomic E-state index is 11.1. The molecular weight excluding hydrogens is 366 g/mol. The molecule has 1 aromatic rings. The molecule has 2 N–H and O–H groups in total. The maximum Gasteiger partial charge on any atom is 0.306 e. The zero-order valence-corrected chi connectivity index (χ0v) is 17.9. The van der Waals surface area contributed by atoms with Gasteiger partial charge in [-0.15, -0.1) is 0 Å². The fraction of sp³-hybridized carbons (Fsp3) is 0.739. The highest BCUT2D eigenvalue weighted by Crippen LogP contribution is 2.22. The van der Waals surface area contributed by atoms with E-state index in [2.05, 4.69) is 22.3 Å². The Bertz CT molecular complexity index is 648. The summed E-state index contributed by atoms with van der Waals surface area (Å²) in [5, 5.41) is 12.6. The van der Waals surface area contributed by atoms with E-state index >= 15 is 0 Å². The third kappa shape index (κ3) is 7.27. The van der Waals surface area contributed by atoms with Crippen molar-refractivity contribution in [2.75, 3.05) is 38.1 Å². The molecule has 29 heavy (non-hydrogen) atoms. The average Bonchev–Trinajstić information content (AvgIpc) is 2.69. The van der Waals surface area contributed by atoms with Crippen LogP contribution < -0.4 is 5.32 Å². The number of hydrogen-bond donors (Lipinski definition) is 2. The molecule has 6 heteroatoms. The van der Waals surface area contributed by atoms with E-state index in [4.69, 9.17) is 14.8 Å². The van der Waals surface area contributed by atoms with Crippen LogP contribution in [0.5, 0.6) is 0 Å². The maximum atomic E-state index is 11.1. The summed E-state index contributed by atoms with van der Waals surface area (Å²) in [5.74, 6) is 0.0752. The predicted octanol–water partition coefficient (Wildman–Crippen LogP) is 3.74. The normalized spacial score (nSPS) is 17.4. The molecule has 2 aliphatic rings. The highest BCUT2D eigenvalue weighted by atomic mass is 16.5. The van der Waals surface area contributed by atoms with Crippen molar-refractivity contribution in [1.82, 2.24) is 9.88 Å².